The average molecular weight is 388 g/mol. The minimum absolute atomic E-state index is 0.218. The van der Waals surface area contributed by atoms with Crippen LogP contribution in [-0.4, -0.2) is 31.1 Å². The lowest BCUT2D eigenvalue weighted by Crippen LogP contribution is -2.33. The Morgan fingerprint density at radius 1 is 1.10 bits per heavy atom. The predicted octanol–water partition coefficient (Wildman–Crippen LogP) is 2.56. The molecule has 0 saturated carbocycles. The summed E-state index contributed by atoms with van der Waals surface area (Å²) in [5, 5.41) is 4.54. The van der Waals surface area contributed by atoms with E-state index in [4.69, 9.17) is 0 Å². The number of fused-ring (bicyclic) bond motifs is 2. The van der Waals surface area contributed by atoms with E-state index in [-0.39, 0.29) is 5.56 Å². The van der Waals surface area contributed by atoms with Crippen molar-refractivity contribution >= 4 is 11.5 Å². The molecule has 5 rings (SSSR count). The summed E-state index contributed by atoms with van der Waals surface area (Å²) in [5.74, 6) is 0.219. The molecule has 0 bridgehead atoms. The van der Waals surface area contributed by atoms with Crippen molar-refractivity contribution < 1.29 is 4.39 Å². The van der Waals surface area contributed by atoms with E-state index in [2.05, 4.69) is 25.0 Å². The zero-order valence-electron chi connectivity index (χ0n) is 15.7. The zero-order chi connectivity index (χ0) is 20.0. The molecule has 8 heteroatoms. The van der Waals surface area contributed by atoms with Crippen molar-refractivity contribution in [3.05, 3.63) is 82.0 Å². The second-order valence-electron chi connectivity index (χ2n) is 7.05. The van der Waals surface area contributed by atoms with Crippen LogP contribution in [0.4, 0.5) is 10.2 Å². The van der Waals surface area contributed by atoms with Crippen LogP contribution in [0, 0.1) is 12.9 Å². The van der Waals surface area contributed by atoms with E-state index in [9.17, 15) is 9.18 Å². The molecular weight excluding hydrogens is 371 g/mol. The van der Waals surface area contributed by atoms with Gasteiger partial charge in [0.2, 0.25) is 5.95 Å². The molecule has 0 N–H and O–H groups in total. The Morgan fingerprint density at radius 3 is 2.86 bits per heavy atom. The van der Waals surface area contributed by atoms with E-state index < -0.39 is 5.95 Å². The molecule has 0 spiro atoms. The first-order chi connectivity index (χ1) is 14.1. The summed E-state index contributed by atoms with van der Waals surface area (Å²) in [6.07, 6.45) is 5.35. The minimum Gasteiger partial charge on any atom is -0.350 e. The highest BCUT2D eigenvalue weighted by Crippen LogP contribution is 2.28. The monoisotopic (exact) mass is 388 g/mol. The average Bonchev–Trinajstić information content (AvgIpc) is 2.73. The third-order valence-electron chi connectivity index (χ3n) is 5.15. The molecule has 0 saturated heterocycles. The minimum atomic E-state index is -0.513. The van der Waals surface area contributed by atoms with Crippen molar-refractivity contribution in [2.75, 3.05) is 11.4 Å². The number of aromatic nitrogens is 5. The maximum absolute atomic E-state index is 14.1. The van der Waals surface area contributed by atoms with Crippen molar-refractivity contribution in [1.29, 1.82) is 0 Å². The molecule has 5 heterocycles. The van der Waals surface area contributed by atoms with Crippen LogP contribution in [0.15, 0.2) is 53.7 Å². The van der Waals surface area contributed by atoms with Gasteiger partial charge in [-0.05, 0) is 42.3 Å². The van der Waals surface area contributed by atoms with Crippen molar-refractivity contribution in [1.82, 2.24) is 24.6 Å². The van der Waals surface area contributed by atoms with Gasteiger partial charge in [-0.3, -0.25) is 9.78 Å². The van der Waals surface area contributed by atoms with Gasteiger partial charge in [0.25, 0.3) is 5.56 Å². The van der Waals surface area contributed by atoms with Crippen LogP contribution >= 0.6 is 0 Å². The van der Waals surface area contributed by atoms with Gasteiger partial charge in [-0.25, -0.2) is 9.97 Å². The van der Waals surface area contributed by atoms with Gasteiger partial charge < -0.3 is 4.90 Å². The molecule has 0 amide bonds. The second-order valence-corrected chi connectivity index (χ2v) is 7.05. The summed E-state index contributed by atoms with van der Waals surface area (Å²) in [5.41, 5.74) is 4.37. The summed E-state index contributed by atoms with van der Waals surface area (Å²) >= 11 is 0. The molecular formula is C21H17FN6O. The summed E-state index contributed by atoms with van der Waals surface area (Å²) in [6, 6.07) is 8.61. The Balaban J connectivity index is 1.54. The molecule has 1 aliphatic heterocycles. The molecule has 0 aliphatic carbocycles. The van der Waals surface area contributed by atoms with Gasteiger partial charge in [0.05, 0.1) is 0 Å². The number of rotatable bonds is 2. The summed E-state index contributed by atoms with van der Waals surface area (Å²) in [4.78, 5) is 26.7. The quantitative estimate of drug-likeness (QED) is 0.491. The fourth-order valence-corrected chi connectivity index (χ4v) is 3.71. The second kappa shape index (κ2) is 6.73. The Morgan fingerprint density at radius 2 is 2.00 bits per heavy atom. The Kier molecular flexibility index (Phi) is 4.04. The van der Waals surface area contributed by atoms with Gasteiger partial charge in [0, 0.05) is 61.0 Å². The fraction of sp³-hybridized carbons (Fsp3) is 0.190. The zero-order valence-corrected chi connectivity index (χ0v) is 15.7. The highest BCUT2D eigenvalue weighted by atomic mass is 19.1. The molecule has 4 aromatic heterocycles. The van der Waals surface area contributed by atoms with Gasteiger partial charge in [0.15, 0.2) is 11.5 Å². The third-order valence-corrected chi connectivity index (χ3v) is 5.15. The number of anilines is 1. The van der Waals surface area contributed by atoms with Crippen LogP contribution in [0.25, 0.3) is 16.8 Å². The Hall–Kier alpha value is -3.68. The van der Waals surface area contributed by atoms with E-state index in [1.165, 1.54) is 23.0 Å². The van der Waals surface area contributed by atoms with Gasteiger partial charge in [0.1, 0.15) is 0 Å². The van der Waals surface area contributed by atoms with E-state index in [1.807, 2.05) is 19.1 Å². The van der Waals surface area contributed by atoms with Crippen LogP contribution in [0.1, 0.15) is 16.8 Å². The first-order valence-electron chi connectivity index (χ1n) is 9.29. The lowest BCUT2D eigenvalue weighted by molar-refractivity contribution is 0.587. The van der Waals surface area contributed by atoms with Crippen molar-refractivity contribution in [2.45, 2.75) is 19.9 Å². The molecule has 0 aromatic carbocycles. The fourth-order valence-electron chi connectivity index (χ4n) is 3.71. The number of hydrogen-bond acceptors (Lipinski definition) is 6. The van der Waals surface area contributed by atoms with E-state index in [1.54, 1.807) is 18.3 Å². The van der Waals surface area contributed by atoms with Crippen molar-refractivity contribution in [3.8, 4) is 11.1 Å². The number of hydrogen-bond donors (Lipinski definition) is 0. The lowest BCUT2D eigenvalue weighted by Gasteiger charge is -2.30. The topological polar surface area (TPSA) is 76.3 Å². The molecule has 4 aromatic rings. The normalized spacial score (nSPS) is 13.5. The van der Waals surface area contributed by atoms with Crippen LogP contribution < -0.4 is 10.5 Å². The van der Waals surface area contributed by atoms with Gasteiger partial charge >= 0.3 is 0 Å². The molecule has 0 atom stereocenters. The highest BCUT2D eigenvalue weighted by Gasteiger charge is 2.22. The number of pyridine rings is 2. The number of halogens is 1. The summed E-state index contributed by atoms with van der Waals surface area (Å²) in [7, 11) is 0. The standard InChI is InChI=1S/C21H17FN6O/c1-13-9-18-23-7-4-19(29)28(18)26-21(13)27-8-5-17-15(12-27)10-14(11-25-17)16-3-2-6-24-20(16)22/h2-4,6-7,9-11H,5,8,12H2,1H3. The van der Waals surface area contributed by atoms with Gasteiger partial charge in [-0.2, -0.15) is 8.91 Å². The number of nitrogens with zero attached hydrogens (tertiary/aromatic N) is 6. The molecule has 144 valence electrons. The van der Waals surface area contributed by atoms with Crippen LogP contribution in [0.5, 0.6) is 0 Å². The van der Waals surface area contributed by atoms with Crippen molar-refractivity contribution in [3.63, 3.8) is 0 Å². The molecule has 0 fully saturated rings. The molecule has 0 unspecified atom stereocenters. The molecule has 7 nitrogen and oxygen atoms in total. The third kappa shape index (κ3) is 3.02. The Labute approximate surface area is 165 Å². The van der Waals surface area contributed by atoms with Crippen LogP contribution in [0.3, 0.4) is 0 Å². The molecule has 1 aliphatic rings. The lowest BCUT2D eigenvalue weighted by atomic mass is 10.0. The van der Waals surface area contributed by atoms with Gasteiger partial charge in [-0.15, -0.1) is 5.10 Å². The van der Waals surface area contributed by atoms with Crippen LogP contribution in [-0.2, 0) is 13.0 Å². The SMILES string of the molecule is Cc1cc2nccc(=O)n2nc1N1CCc2ncc(-c3cccnc3F)cc2C1. The van der Waals surface area contributed by atoms with E-state index >= 15 is 0 Å². The van der Waals surface area contributed by atoms with E-state index in [0.29, 0.717) is 23.3 Å². The highest BCUT2D eigenvalue weighted by molar-refractivity contribution is 5.64. The molecule has 0 radical (unpaired) electrons. The van der Waals surface area contributed by atoms with Crippen molar-refractivity contribution in [2.24, 2.45) is 0 Å². The largest absolute Gasteiger partial charge is 0.350 e. The maximum atomic E-state index is 14.1. The number of aryl methyl sites for hydroxylation is 1. The van der Waals surface area contributed by atoms with Crippen LogP contribution in [0.2, 0.25) is 0 Å². The molecule has 29 heavy (non-hydrogen) atoms. The summed E-state index contributed by atoms with van der Waals surface area (Å²) in [6.45, 7) is 3.26. The Bertz CT molecular complexity index is 1300. The maximum Gasteiger partial charge on any atom is 0.274 e. The predicted molar refractivity (Wildman–Crippen MR) is 106 cm³/mol. The first kappa shape index (κ1) is 17.4. The van der Waals surface area contributed by atoms with Gasteiger partial charge in [-0.1, -0.05) is 0 Å². The smallest absolute Gasteiger partial charge is 0.274 e. The first-order valence-corrected chi connectivity index (χ1v) is 9.29. The van der Waals surface area contributed by atoms with E-state index in [0.717, 1.165) is 35.6 Å². The summed E-state index contributed by atoms with van der Waals surface area (Å²) < 4.78 is 15.4.